The number of rotatable bonds is 10. The first-order valence-electron chi connectivity index (χ1n) is 11.5. The molecule has 0 aliphatic carbocycles. The Labute approximate surface area is 195 Å². The second kappa shape index (κ2) is 10.9. The van der Waals surface area contributed by atoms with Crippen LogP contribution in [0.25, 0.3) is 0 Å². The van der Waals surface area contributed by atoms with Crippen LogP contribution in [-0.2, 0) is 39.9 Å². The average Bonchev–Trinajstić information content (AvgIpc) is 3.23. The minimum absolute atomic E-state index is 0.0743. The first-order chi connectivity index (χ1) is 15.6. The fraction of sp³-hybridized carbons (Fsp3) is 0.667. The molecule has 1 amide bonds. The Hall–Kier alpha value is -2.04. The maximum absolute atomic E-state index is 12.8. The molecule has 2 fully saturated rings. The van der Waals surface area contributed by atoms with Crippen molar-refractivity contribution < 1.29 is 33.3 Å². The largest absolute Gasteiger partial charge is 0.466 e. The van der Waals surface area contributed by atoms with Crippen molar-refractivity contribution in [3.8, 4) is 0 Å². The van der Waals surface area contributed by atoms with E-state index in [-0.39, 0.29) is 24.9 Å². The van der Waals surface area contributed by atoms with Gasteiger partial charge in [0, 0.05) is 0 Å². The SMILES string of the molecule is CCOC(=O)C[C@@H](NC(=O)[C@@H](N)C(C)C)[C@H]1O[C@@H]2OC(C)(C)O[C@@H]2[C@H]1OCc1ccccc1. The van der Waals surface area contributed by atoms with E-state index < -0.39 is 48.4 Å². The van der Waals surface area contributed by atoms with Gasteiger partial charge in [-0.1, -0.05) is 44.2 Å². The molecule has 2 saturated heterocycles. The number of ether oxygens (including phenoxy) is 5. The molecule has 1 aromatic carbocycles. The summed E-state index contributed by atoms with van der Waals surface area (Å²) in [6, 6.07) is 8.24. The molecule has 0 aromatic heterocycles. The van der Waals surface area contributed by atoms with Gasteiger partial charge in [-0.2, -0.15) is 0 Å². The molecule has 3 rings (SSSR count). The third-order valence-electron chi connectivity index (χ3n) is 5.75. The summed E-state index contributed by atoms with van der Waals surface area (Å²) in [6.07, 6.45) is -2.59. The fourth-order valence-corrected chi connectivity index (χ4v) is 4.01. The predicted octanol–water partition coefficient (Wildman–Crippen LogP) is 1.87. The summed E-state index contributed by atoms with van der Waals surface area (Å²) in [5.74, 6) is -1.74. The number of hydrogen-bond donors (Lipinski definition) is 2. The van der Waals surface area contributed by atoms with Gasteiger partial charge in [-0.15, -0.1) is 0 Å². The van der Waals surface area contributed by atoms with Crippen molar-refractivity contribution >= 4 is 11.9 Å². The van der Waals surface area contributed by atoms with Crippen molar-refractivity contribution in [2.45, 2.75) is 90.1 Å². The summed E-state index contributed by atoms with van der Waals surface area (Å²) in [7, 11) is 0. The van der Waals surface area contributed by atoms with E-state index in [1.807, 2.05) is 44.2 Å². The van der Waals surface area contributed by atoms with Gasteiger partial charge >= 0.3 is 5.97 Å². The molecule has 0 bridgehead atoms. The second-order valence-corrected chi connectivity index (χ2v) is 9.22. The van der Waals surface area contributed by atoms with Gasteiger partial charge in [0.2, 0.25) is 5.91 Å². The number of fused-ring (bicyclic) bond motifs is 1. The van der Waals surface area contributed by atoms with E-state index in [0.717, 1.165) is 5.56 Å². The minimum Gasteiger partial charge on any atom is -0.466 e. The summed E-state index contributed by atoms with van der Waals surface area (Å²) in [5, 5.41) is 2.89. The lowest BCUT2D eigenvalue weighted by molar-refractivity contribution is -0.223. The van der Waals surface area contributed by atoms with Crippen LogP contribution in [0.1, 0.15) is 46.6 Å². The van der Waals surface area contributed by atoms with Crippen LogP contribution < -0.4 is 11.1 Å². The van der Waals surface area contributed by atoms with Gasteiger partial charge in [-0.05, 0) is 32.3 Å². The van der Waals surface area contributed by atoms with Gasteiger partial charge in [0.25, 0.3) is 0 Å². The first kappa shape index (κ1) is 25.6. The van der Waals surface area contributed by atoms with Gasteiger partial charge in [-0.25, -0.2) is 0 Å². The number of nitrogens with one attached hydrogen (secondary N) is 1. The van der Waals surface area contributed by atoms with Crippen LogP contribution in [-0.4, -0.2) is 61.0 Å². The lowest BCUT2D eigenvalue weighted by atomic mass is 9.98. The van der Waals surface area contributed by atoms with Gasteiger partial charge in [0.1, 0.15) is 18.3 Å². The van der Waals surface area contributed by atoms with Crippen LogP contribution in [0.15, 0.2) is 30.3 Å². The highest BCUT2D eigenvalue weighted by Gasteiger charge is 2.57. The smallest absolute Gasteiger partial charge is 0.307 e. The highest BCUT2D eigenvalue weighted by molar-refractivity contribution is 5.82. The third kappa shape index (κ3) is 6.51. The predicted molar refractivity (Wildman–Crippen MR) is 120 cm³/mol. The van der Waals surface area contributed by atoms with Gasteiger partial charge in [0.05, 0.1) is 31.7 Å². The van der Waals surface area contributed by atoms with E-state index in [9.17, 15) is 9.59 Å². The Morgan fingerprint density at radius 2 is 1.88 bits per heavy atom. The van der Waals surface area contributed by atoms with Crippen LogP contribution in [0.5, 0.6) is 0 Å². The van der Waals surface area contributed by atoms with E-state index in [1.165, 1.54) is 0 Å². The summed E-state index contributed by atoms with van der Waals surface area (Å²) >= 11 is 0. The number of amides is 1. The second-order valence-electron chi connectivity index (χ2n) is 9.22. The average molecular weight is 465 g/mol. The Morgan fingerprint density at radius 3 is 2.52 bits per heavy atom. The fourth-order valence-electron chi connectivity index (χ4n) is 4.01. The van der Waals surface area contributed by atoms with Crippen molar-refractivity contribution in [1.82, 2.24) is 5.32 Å². The molecule has 0 radical (unpaired) electrons. The Morgan fingerprint density at radius 1 is 1.18 bits per heavy atom. The molecule has 6 atom stereocenters. The van der Waals surface area contributed by atoms with Crippen molar-refractivity contribution in [3.05, 3.63) is 35.9 Å². The van der Waals surface area contributed by atoms with Gasteiger partial charge in [-0.3, -0.25) is 9.59 Å². The Balaban J connectivity index is 1.82. The lowest BCUT2D eigenvalue weighted by Crippen LogP contribution is -2.55. The Kier molecular flexibility index (Phi) is 8.47. The monoisotopic (exact) mass is 464 g/mol. The zero-order chi connectivity index (χ0) is 24.2. The molecule has 2 heterocycles. The zero-order valence-electron chi connectivity index (χ0n) is 20.0. The van der Waals surface area contributed by atoms with E-state index >= 15 is 0 Å². The molecule has 0 spiro atoms. The van der Waals surface area contributed by atoms with Crippen LogP contribution in [0.4, 0.5) is 0 Å². The molecule has 1 aromatic rings. The zero-order valence-corrected chi connectivity index (χ0v) is 20.0. The molecule has 9 nitrogen and oxygen atoms in total. The minimum atomic E-state index is -0.839. The molecular weight excluding hydrogens is 428 g/mol. The van der Waals surface area contributed by atoms with Crippen molar-refractivity contribution in [3.63, 3.8) is 0 Å². The van der Waals surface area contributed by atoms with Gasteiger partial charge < -0.3 is 34.7 Å². The molecule has 0 saturated carbocycles. The summed E-state index contributed by atoms with van der Waals surface area (Å²) in [5.41, 5.74) is 7.02. The topological polar surface area (TPSA) is 118 Å². The van der Waals surface area contributed by atoms with Crippen LogP contribution in [0, 0.1) is 5.92 Å². The van der Waals surface area contributed by atoms with Crippen LogP contribution in [0.2, 0.25) is 0 Å². The van der Waals surface area contributed by atoms with E-state index in [4.69, 9.17) is 29.4 Å². The highest BCUT2D eigenvalue weighted by atomic mass is 16.8. The molecule has 184 valence electrons. The first-order valence-corrected chi connectivity index (χ1v) is 11.5. The summed E-state index contributed by atoms with van der Waals surface area (Å²) in [4.78, 5) is 25.1. The molecule has 0 unspecified atom stereocenters. The molecule has 2 aliphatic heterocycles. The number of carbonyl (C=O) groups excluding carboxylic acids is 2. The maximum atomic E-state index is 12.8. The number of hydrogen-bond acceptors (Lipinski definition) is 8. The quantitative estimate of drug-likeness (QED) is 0.504. The number of carbonyl (C=O) groups is 2. The van der Waals surface area contributed by atoms with Crippen molar-refractivity contribution in [2.75, 3.05) is 6.61 Å². The highest BCUT2D eigenvalue weighted by Crippen LogP contribution is 2.40. The van der Waals surface area contributed by atoms with Crippen molar-refractivity contribution in [2.24, 2.45) is 11.7 Å². The molecule has 3 N–H and O–H groups in total. The van der Waals surface area contributed by atoms with Gasteiger partial charge in [0.15, 0.2) is 12.1 Å². The molecule has 33 heavy (non-hydrogen) atoms. The molecule has 2 aliphatic rings. The van der Waals surface area contributed by atoms with Crippen molar-refractivity contribution in [1.29, 1.82) is 0 Å². The van der Waals surface area contributed by atoms with Crippen LogP contribution in [0.3, 0.4) is 0 Å². The normalized spacial score (nSPS) is 27.7. The maximum Gasteiger partial charge on any atom is 0.307 e. The summed E-state index contributed by atoms with van der Waals surface area (Å²) < 4.78 is 29.5. The third-order valence-corrected chi connectivity index (χ3v) is 5.75. The lowest BCUT2D eigenvalue weighted by Gasteiger charge is -2.32. The van der Waals surface area contributed by atoms with E-state index in [2.05, 4.69) is 5.32 Å². The molecule has 9 heteroatoms. The number of benzene rings is 1. The number of nitrogens with two attached hydrogens (primary N) is 1. The number of esters is 1. The van der Waals surface area contributed by atoms with E-state index in [0.29, 0.717) is 6.61 Å². The van der Waals surface area contributed by atoms with Crippen LogP contribution >= 0.6 is 0 Å². The van der Waals surface area contributed by atoms with E-state index in [1.54, 1.807) is 20.8 Å². The summed E-state index contributed by atoms with van der Waals surface area (Å²) in [6.45, 7) is 9.59. The molecular formula is C24H36N2O7. The standard InChI is InChI=1S/C24H36N2O7/c1-6-29-17(27)12-16(26-22(28)18(25)14(2)3)19-20(30-13-15-10-8-7-9-11-15)21-23(31-19)33-24(4,5)32-21/h7-11,14,16,18-21,23H,6,12-13,25H2,1-5H3,(H,26,28)/t16-,18+,19-,20+,21-,23-/m1/s1. The Bertz CT molecular complexity index is 801.